The third-order valence-electron chi connectivity index (χ3n) is 9.53. The molecule has 0 aliphatic heterocycles. The summed E-state index contributed by atoms with van der Waals surface area (Å²) in [6.07, 6.45) is 1.83. The van der Waals surface area contributed by atoms with Gasteiger partial charge in [0, 0.05) is 44.6 Å². The van der Waals surface area contributed by atoms with Crippen molar-refractivity contribution in [2.45, 2.75) is 0 Å². The fourth-order valence-corrected chi connectivity index (χ4v) is 8.00. The van der Waals surface area contributed by atoms with Crippen LogP contribution < -0.4 is 0 Å². The van der Waals surface area contributed by atoms with E-state index in [9.17, 15) is 0 Å². The van der Waals surface area contributed by atoms with Gasteiger partial charge in [0.25, 0.3) is 0 Å². The highest BCUT2D eigenvalue weighted by atomic mass is 32.1. The molecule has 0 spiro atoms. The second-order valence-electron chi connectivity index (χ2n) is 12.8. The maximum atomic E-state index is 6.31. The molecule has 9 heteroatoms. The van der Waals surface area contributed by atoms with Gasteiger partial charge in [0.15, 0.2) is 17.2 Å². The SMILES string of the molecule is c1ccc2ncc(-c3nc(-c4cc(-c5nc6ccccc6o5)cc(-c5nc6ccccc6s5)c4)nc(-n4c5ccccc5c5ccccc54)n3)cc2c1. The van der Waals surface area contributed by atoms with E-state index in [0.29, 0.717) is 29.1 Å². The number of benzene rings is 6. The van der Waals surface area contributed by atoms with Crippen LogP contribution in [0.25, 0.3) is 105 Å². The van der Waals surface area contributed by atoms with Crippen LogP contribution in [-0.4, -0.2) is 34.5 Å². The zero-order valence-electron chi connectivity index (χ0n) is 27.9. The maximum Gasteiger partial charge on any atom is 0.238 e. The van der Waals surface area contributed by atoms with Crippen molar-refractivity contribution >= 4 is 65.4 Å². The molecule has 0 bridgehead atoms. The van der Waals surface area contributed by atoms with Gasteiger partial charge in [0.2, 0.25) is 11.8 Å². The molecule has 6 aromatic carbocycles. The molecule has 8 nitrogen and oxygen atoms in total. The van der Waals surface area contributed by atoms with Gasteiger partial charge in [0.1, 0.15) is 10.5 Å². The van der Waals surface area contributed by atoms with Gasteiger partial charge in [-0.3, -0.25) is 9.55 Å². The third-order valence-corrected chi connectivity index (χ3v) is 10.6. The van der Waals surface area contributed by atoms with E-state index in [2.05, 4.69) is 71.3 Å². The summed E-state index contributed by atoms with van der Waals surface area (Å²) in [5, 5.41) is 4.12. The molecule has 0 N–H and O–H groups in total. The van der Waals surface area contributed by atoms with E-state index in [4.69, 9.17) is 34.3 Å². The van der Waals surface area contributed by atoms with Crippen LogP contribution in [0.1, 0.15) is 0 Å². The van der Waals surface area contributed by atoms with Crippen LogP contribution in [0.15, 0.2) is 156 Å². The van der Waals surface area contributed by atoms with Crippen LogP contribution in [0.4, 0.5) is 0 Å². The molecule has 0 amide bonds. The summed E-state index contributed by atoms with van der Waals surface area (Å²) in [6.45, 7) is 0. The Morgan fingerprint density at radius 1 is 0.491 bits per heavy atom. The minimum Gasteiger partial charge on any atom is -0.436 e. The molecule has 5 aromatic heterocycles. The molecule has 0 saturated heterocycles. The summed E-state index contributed by atoms with van der Waals surface area (Å²) < 4.78 is 9.54. The van der Waals surface area contributed by atoms with E-state index in [0.717, 1.165) is 75.7 Å². The monoisotopic (exact) mass is 699 g/mol. The van der Waals surface area contributed by atoms with Crippen molar-refractivity contribution in [3.8, 4) is 50.7 Å². The highest BCUT2D eigenvalue weighted by Gasteiger charge is 2.20. The average molecular weight is 700 g/mol. The van der Waals surface area contributed by atoms with Gasteiger partial charge in [-0.2, -0.15) is 9.97 Å². The van der Waals surface area contributed by atoms with Gasteiger partial charge in [0.05, 0.1) is 26.8 Å². The van der Waals surface area contributed by atoms with Crippen LogP contribution in [0.5, 0.6) is 0 Å². The first-order valence-electron chi connectivity index (χ1n) is 17.2. The molecule has 0 atom stereocenters. The van der Waals surface area contributed by atoms with Gasteiger partial charge in [-0.1, -0.05) is 78.9 Å². The first kappa shape index (κ1) is 29.6. The summed E-state index contributed by atoms with van der Waals surface area (Å²) in [6, 6.07) is 49.0. The largest absolute Gasteiger partial charge is 0.436 e. The number of pyridine rings is 1. The predicted octanol–water partition coefficient (Wildman–Crippen LogP) is 10.9. The smallest absolute Gasteiger partial charge is 0.238 e. The van der Waals surface area contributed by atoms with Crippen molar-refractivity contribution in [3.63, 3.8) is 0 Å². The summed E-state index contributed by atoms with van der Waals surface area (Å²) in [4.78, 5) is 30.2. The van der Waals surface area contributed by atoms with Crippen molar-refractivity contribution < 1.29 is 4.42 Å². The molecule has 0 radical (unpaired) electrons. The number of oxazole rings is 1. The van der Waals surface area contributed by atoms with Gasteiger partial charge >= 0.3 is 0 Å². The Balaban J connectivity index is 1.19. The van der Waals surface area contributed by atoms with Crippen LogP contribution in [-0.2, 0) is 0 Å². The highest BCUT2D eigenvalue weighted by molar-refractivity contribution is 7.21. The Morgan fingerprint density at radius 3 is 1.92 bits per heavy atom. The number of rotatable bonds is 5. The number of para-hydroxylation sites is 6. The standard InChI is InChI=1S/C44H25N7OS/c1-4-14-33-26(11-1)21-30(25-45-33)41-48-40(49-44(50-41)51-36-17-7-2-12-31(36)32-13-3-8-18-37(32)51)27-22-28(42-46-34-15-5-9-19-38(34)52-42)24-29(23-27)43-47-35-16-6-10-20-39(35)53-43/h1-25H. The summed E-state index contributed by atoms with van der Waals surface area (Å²) in [5.41, 5.74) is 8.63. The van der Waals surface area contributed by atoms with Crippen LogP contribution in [0.3, 0.4) is 0 Å². The second-order valence-corrected chi connectivity index (χ2v) is 13.9. The van der Waals surface area contributed by atoms with Crippen molar-refractivity contribution in [1.29, 1.82) is 0 Å². The molecule has 11 rings (SSSR count). The number of hydrogen-bond acceptors (Lipinski definition) is 8. The molecule has 248 valence electrons. The van der Waals surface area contributed by atoms with Gasteiger partial charge < -0.3 is 4.42 Å². The number of thiazole rings is 1. The molecular weight excluding hydrogens is 675 g/mol. The number of nitrogens with zero attached hydrogens (tertiary/aromatic N) is 7. The molecule has 53 heavy (non-hydrogen) atoms. The zero-order valence-corrected chi connectivity index (χ0v) is 28.7. The van der Waals surface area contributed by atoms with Gasteiger partial charge in [-0.25, -0.2) is 15.0 Å². The third kappa shape index (κ3) is 4.97. The van der Waals surface area contributed by atoms with Crippen molar-refractivity contribution in [1.82, 2.24) is 34.5 Å². The quantitative estimate of drug-likeness (QED) is 0.176. The minimum atomic E-state index is 0.500. The van der Waals surface area contributed by atoms with Gasteiger partial charge in [-0.15, -0.1) is 11.3 Å². The van der Waals surface area contributed by atoms with E-state index in [1.165, 1.54) is 0 Å². The molecular formula is C44H25N7OS. The van der Waals surface area contributed by atoms with E-state index >= 15 is 0 Å². The lowest BCUT2D eigenvalue weighted by molar-refractivity contribution is 0.620. The normalized spacial score (nSPS) is 11.8. The number of fused-ring (bicyclic) bond motifs is 6. The zero-order chi connectivity index (χ0) is 34.9. The lowest BCUT2D eigenvalue weighted by Gasteiger charge is -2.12. The lowest BCUT2D eigenvalue weighted by Crippen LogP contribution is -2.06. The van der Waals surface area contributed by atoms with E-state index in [-0.39, 0.29) is 0 Å². The molecule has 0 saturated carbocycles. The van der Waals surface area contributed by atoms with Crippen molar-refractivity contribution in [2.75, 3.05) is 0 Å². The van der Waals surface area contributed by atoms with E-state index in [1.54, 1.807) is 11.3 Å². The Labute approximate surface area is 305 Å². The molecule has 5 heterocycles. The highest BCUT2D eigenvalue weighted by Crippen LogP contribution is 2.38. The van der Waals surface area contributed by atoms with Gasteiger partial charge in [-0.05, 0) is 66.7 Å². The number of hydrogen-bond donors (Lipinski definition) is 0. The van der Waals surface area contributed by atoms with E-state index in [1.807, 2.05) is 85.1 Å². The molecule has 0 unspecified atom stereocenters. The Hall–Kier alpha value is -7.10. The van der Waals surface area contributed by atoms with Crippen LogP contribution >= 0.6 is 11.3 Å². The summed E-state index contributed by atoms with van der Waals surface area (Å²) in [7, 11) is 0. The van der Waals surface area contributed by atoms with E-state index < -0.39 is 0 Å². The summed E-state index contributed by atoms with van der Waals surface area (Å²) in [5.74, 6) is 2.02. The van der Waals surface area contributed by atoms with Crippen LogP contribution in [0.2, 0.25) is 0 Å². The summed E-state index contributed by atoms with van der Waals surface area (Å²) >= 11 is 1.64. The Bertz CT molecular complexity index is 3000. The fourth-order valence-electron chi connectivity index (χ4n) is 7.05. The van der Waals surface area contributed by atoms with Crippen LogP contribution in [0, 0.1) is 0 Å². The fraction of sp³-hybridized carbons (Fsp3) is 0. The lowest BCUT2D eigenvalue weighted by atomic mass is 10.0. The Morgan fingerprint density at radius 2 is 1.13 bits per heavy atom. The first-order chi connectivity index (χ1) is 26.2. The predicted molar refractivity (Wildman–Crippen MR) is 212 cm³/mol. The molecule has 0 aliphatic carbocycles. The molecule has 0 fully saturated rings. The molecule has 11 aromatic rings. The maximum absolute atomic E-state index is 6.31. The second kappa shape index (κ2) is 11.7. The van der Waals surface area contributed by atoms with Crippen molar-refractivity contribution in [2.24, 2.45) is 0 Å². The Kier molecular flexibility index (Phi) is 6.55. The minimum absolute atomic E-state index is 0.500. The first-order valence-corrected chi connectivity index (χ1v) is 18.0. The number of aromatic nitrogens is 7. The topological polar surface area (TPSA) is 95.4 Å². The van der Waals surface area contributed by atoms with Crippen molar-refractivity contribution in [3.05, 3.63) is 152 Å². The molecule has 0 aliphatic rings. The average Bonchev–Trinajstić information content (AvgIpc) is 3.95.